The molecule has 0 aliphatic carbocycles. The molecule has 1 heterocycles. The van der Waals surface area contributed by atoms with Crippen molar-refractivity contribution in [1.82, 2.24) is 5.32 Å². The number of para-hydroxylation sites is 1. The van der Waals surface area contributed by atoms with Gasteiger partial charge in [-0.3, -0.25) is 10.1 Å². The van der Waals surface area contributed by atoms with Gasteiger partial charge in [-0.1, -0.05) is 32.0 Å². The fraction of sp³-hybridized carbons (Fsp3) is 0.333. The third kappa shape index (κ3) is 7.03. The largest absolute Gasteiger partial charge is 0.347 e. The summed E-state index contributed by atoms with van der Waals surface area (Å²) < 4.78 is 0. The van der Waals surface area contributed by atoms with Gasteiger partial charge in [0, 0.05) is 18.3 Å². The van der Waals surface area contributed by atoms with Crippen LogP contribution in [0.1, 0.15) is 29.9 Å². The van der Waals surface area contributed by atoms with Crippen LogP contribution in [-0.2, 0) is 0 Å². The summed E-state index contributed by atoms with van der Waals surface area (Å²) in [5.74, 6) is 0.286. The number of nitrogens with one attached hydrogen (secondary N) is 3. The van der Waals surface area contributed by atoms with E-state index in [0.717, 1.165) is 6.42 Å². The molecule has 2 rings (SSSR count). The lowest BCUT2D eigenvalue weighted by Gasteiger charge is -2.18. The molecular weight excluding hydrogens is 372 g/mol. The number of thiophene rings is 1. The van der Waals surface area contributed by atoms with Crippen molar-refractivity contribution in [2.75, 3.05) is 17.2 Å². The number of benzene rings is 1. The molecule has 1 aromatic carbocycles. The minimum Gasteiger partial charge on any atom is -0.347 e. The smallest absolute Gasteiger partial charge is 0.324 e. The van der Waals surface area contributed by atoms with E-state index >= 15 is 0 Å². The Hall–Kier alpha value is -2.09. The third-order valence-electron chi connectivity index (χ3n) is 3.47. The highest BCUT2D eigenvalue weighted by Gasteiger charge is 2.16. The SMILES string of the molecule is CC(C)CC(CN)NC(=O)c1ccc(NC(=O)Nc2ccccc2)s1.Cl. The summed E-state index contributed by atoms with van der Waals surface area (Å²) in [6, 6.07) is 12.2. The van der Waals surface area contributed by atoms with Crippen LogP contribution < -0.4 is 21.7 Å². The molecule has 5 N–H and O–H groups in total. The number of nitrogens with two attached hydrogens (primary N) is 1. The van der Waals surface area contributed by atoms with Crippen LogP contribution in [0.4, 0.5) is 15.5 Å². The van der Waals surface area contributed by atoms with Crippen molar-refractivity contribution >= 4 is 46.4 Å². The first kappa shape index (κ1) is 22.0. The Morgan fingerprint density at radius 2 is 1.77 bits per heavy atom. The Kier molecular flexibility index (Phi) is 9.12. The molecule has 1 aromatic heterocycles. The van der Waals surface area contributed by atoms with Crippen molar-refractivity contribution in [2.45, 2.75) is 26.3 Å². The fourth-order valence-corrected chi connectivity index (χ4v) is 3.17. The Labute approximate surface area is 164 Å². The van der Waals surface area contributed by atoms with E-state index in [0.29, 0.717) is 28.0 Å². The van der Waals surface area contributed by atoms with Crippen LogP contribution in [0.2, 0.25) is 0 Å². The second-order valence-electron chi connectivity index (χ2n) is 6.14. The predicted octanol–water partition coefficient (Wildman–Crippen LogP) is 3.92. The number of hydrogen-bond donors (Lipinski definition) is 4. The second kappa shape index (κ2) is 10.8. The van der Waals surface area contributed by atoms with Gasteiger partial charge >= 0.3 is 6.03 Å². The molecule has 0 aliphatic heterocycles. The number of halogens is 1. The van der Waals surface area contributed by atoms with Gasteiger partial charge in [0.15, 0.2) is 0 Å². The van der Waals surface area contributed by atoms with Crippen molar-refractivity contribution in [1.29, 1.82) is 0 Å². The summed E-state index contributed by atoms with van der Waals surface area (Å²) in [7, 11) is 0. The molecular formula is C18H25ClN4O2S. The molecule has 3 amide bonds. The second-order valence-corrected chi connectivity index (χ2v) is 7.23. The predicted molar refractivity (Wildman–Crippen MR) is 110 cm³/mol. The van der Waals surface area contributed by atoms with Crippen molar-refractivity contribution in [3.05, 3.63) is 47.3 Å². The number of urea groups is 1. The van der Waals surface area contributed by atoms with Crippen LogP contribution >= 0.6 is 23.7 Å². The van der Waals surface area contributed by atoms with Gasteiger partial charge in [-0.05, 0) is 36.6 Å². The molecule has 8 heteroatoms. The van der Waals surface area contributed by atoms with E-state index in [4.69, 9.17) is 5.73 Å². The average molecular weight is 397 g/mol. The van der Waals surface area contributed by atoms with Gasteiger partial charge in [0.05, 0.1) is 9.88 Å². The molecule has 1 unspecified atom stereocenters. The van der Waals surface area contributed by atoms with E-state index in [-0.39, 0.29) is 30.4 Å². The minimum atomic E-state index is -0.348. The summed E-state index contributed by atoms with van der Waals surface area (Å²) in [6.45, 7) is 4.58. The summed E-state index contributed by atoms with van der Waals surface area (Å²) in [4.78, 5) is 24.8. The molecule has 0 saturated carbocycles. The van der Waals surface area contributed by atoms with Gasteiger partial charge < -0.3 is 16.4 Å². The molecule has 6 nitrogen and oxygen atoms in total. The van der Waals surface area contributed by atoms with Crippen LogP contribution in [0, 0.1) is 5.92 Å². The molecule has 2 aromatic rings. The van der Waals surface area contributed by atoms with Crippen molar-refractivity contribution < 1.29 is 9.59 Å². The topological polar surface area (TPSA) is 96.2 Å². The molecule has 0 bridgehead atoms. The maximum atomic E-state index is 12.3. The molecule has 1 atom stereocenters. The number of carbonyl (C=O) groups excluding carboxylic acids is 2. The van der Waals surface area contributed by atoms with Crippen LogP contribution in [0.15, 0.2) is 42.5 Å². The number of carbonyl (C=O) groups is 2. The van der Waals surface area contributed by atoms with Crippen molar-refractivity contribution in [2.24, 2.45) is 11.7 Å². The highest BCUT2D eigenvalue weighted by atomic mass is 35.5. The number of rotatable bonds is 7. The average Bonchev–Trinajstić information content (AvgIpc) is 3.03. The van der Waals surface area contributed by atoms with Gasteiger partial charge in [0.25, 0.3) is 5.91 Å². The molecule has 0 saturated heterocycles. The zero-order valence-electron chi connectivity index (χ0n) is 14.8. The lowest BCUT2D eigenvalue weighted by molar-refractivity contribution is 0.0938. The van der Waals surface area contributed by atoms with Crippen LogP contribution in [0.5, 0.6) is 0 Å². The van der Waals surface area contributed by atoms with Crippen molar-refractivity contribution in [3.63, 3.8) is 0 Å². The zero-order valence-corrected chi connectivity index (χ0v) is 16.5. The van der Waals surface area contributed by atoms with Crippen LogP contribution in [0.25, 0.3) is 0 Å². The van der Waals surface area contributed by atoms with Gasteiger partial charge in [0.2, 0.25) is 0 Å². The first-order chi connectivity index (χ1) is 12.0. The highest BCUT2D eigenvalue weighted by Crippen LogP contribution is 2.22. The van der Waals surface area contributed by atoms with E-state index in [1.807, 2.05) is 18.2 Å². The monoisotopic (exact) mass is 396 g/mol. The summed E-state index contributed by atoms with van der Waals surface area (Å²) in [5, 5.41) is 9.00. The summed E-state index contributed by atoms with van der Waals surface area (Å²) in [6.07, 6.45) is 0.832. The van der Waals surface area contributed by atoms with E-state index in [9.17, 15) is 9.59 Å². The fourth-order valence-electron chi connectivity index (χ4n) is 2.36. The Morgan fingerprint density at radius 3 is 2.38 bits per heavy atom. The molecule has 26 heavy (non-hydrogen) atoms. The number of amides is 3. The lowest BCUT2D eigenvalue weighted by atomic mass is 10.0. The minimum absolute atomic E-state index is 0. The Balaban J connectivity index is 0.00000338. The quantitative estimate of drug-likeness (QED) is 0.571. The molecule has 0 radical (unpaired) electrons. The first-order valence-corrected chi connectivity index (χ1v) is 9.03. The van der Waals surface area contributed by atoms with E-state index in [1.54, 1.807) is 24.3 Å². The van der Waals surface area contributed by atoms with E-state index in [1.165, 1.54) is 11.3 Å². The normalized spacial score (nSPS) is 11.4. The van der Waals surface area contributed by atoms with Gasteiger partial charge in [-0.25, -0.2) is 4.79 Å². The standard InChI is InChI=1S/C18H24N4O2S.ClH/c1-12(2)10-14(11-19)20-17(23)15-8-9-16(25-15)22-18(24)21-13-6-4-3-5-7-13;/h3-9,12,14H,10-11,19H2,1-2H3,(H,20,23)(H2,21,22,24);1H. The molecule has 0 aliphatic rings. The maximum Gasteiger partial charge on any atom is 0.324 e. The first-order valence-electron chi connectivity index (χ1n) is 8.21. The third-order valence-corrected chi connectivity index (χ3v) is 4.47. The lowest BCUT2D eigenvalue weighted by Crippen LogP contribution is -2.40. The zero-order chi connectivity index (χ0) is 18.2. The van der Waals surface area contributed by atoms with Gasteiger partial charge in [-0.15, -0.1) is 23.7 Å². The number of hydrogen-bond acceptors (Lipinski definition) is 4. The van der Waals surface area contributed by atoms with Crippen LogP contribution in [-0.4, -0.2) is 24.5 Å². The van der Waals surface area contributed by atoms with Crippen LogP contribution in [0.3, 0.4) is 0 Å². The van der Waals surface area contributed by atoms with E-state index in [2.05, 4.69) is 29.8 Å². The van der Waals surface area contributed by atoms with Gasteiger partial charge in [0.1, 0.15) is 0 Å². The van der Waals surface area contributed by atoms with E-state index < -0.39 is 0 Å². The number of anilines is 2. The summed E-state index contributed by atoms with van der Waals surface area (Å²) >= 11 is 1.23. The van der Waals surface area contributed by atoms with Crippen molar-refractivity contribution in [3.8, 4) is 0 Å². The maximum absolute atomic E-state index is 12.3. The molecule has 0 fully saturated rings. The Morgan fingerprint density at radius 1 is 1.08 bits per heavy atom. The molecule has 142 valence electrons. The summed E-state index contributed by atoms with van der Waals surface area (Å²) in [5.41, 5.74) is 6.42. The van der Waals surface area contributed by atoms with Gasteiger partial charge in [-0.2, -0.15) is 0 Å². The molecule has 0 spiro atoms. The Bertz CT molecular complexity index is 706. The highest BCUT2D eigenvalue weighted by molar-refractivity contribution is 7.18.